The molecule has 38 heavy (non-hydrogen) atoms. The van der Waals surface area contributed by atoms with Gasteiger partial charge in [0.2, 0.25) is 0 Å². The number of aromatic nitrogens is 2. The van der Waals surface area contributed by atoms with Gasteiger partial charge in [0.1, 0.15) is 0 Å². The fourth-order valence-corrected chi connectivity index (χ4v) is 5.88. The summed E-state index contributed by atoms with van der Waals surface area (Å²) in [6, 6.07) is 7.18. The molecule has 0 bridgehead atoms. The molecule has 10 heteroatoms. The first kappa shape index (κ1) is 26.6. The molecule has 10 nitrogen and oxygen atoms in total. The summed E-state index contributed by atoms with van der Waals surface area (Å²) in [7, 11) is 2.22. The van der Waals surface area contributed by atoms with Crippen LogP contribution in [0.2, 0.25) is 0 Å². The Morgan fingerprint density at radius 1 is 1.03 bits per heavy atom. The smallest absolute Gasteiger partial charge is 0.271 e. The molecule has 2 aromatic rings. The Bertz CT molecular complexity index is 1120. The molecule has 1 amide bonds. The van der Waals surface area contributed by atoms with Crippen LogP contribution >= 0.6 is 0 Å². The minimum Gasteiger partial charge on any atom is -0.371 e. The summed E-state index contributed by atoms with van der Waals surface area (Å²) < 4.78 is 0. The summed E-state index contributed by atoms with van der Waals surface area (Å²) in [6.45, 7) is 14.5. The Kier molecular flexibility index (Phi) is 8.30. The van der Waals surface area contributed by atoms with Gasteiger partial charge in [-0.1, -0.05) is 6.92 Å². The number of piperidine rings is 1. The van der Waals surface area contributed by atoms with Crippen LogP contribution in [0.4, 0.5) is 23.0 Å². The topological polar surface area (TPSA) is 106 Å². The lowest BCUT2D eigenvalue weighted by Crippen LogP contribution is -2.52. The quantitative estimate of drug-likeness (QED) is 0.503. The average molecular weight is 522 g/mol. The summed E-state index contributed by atoms with van der Waals surface area (Å²) in [6.07, 6.45) is 3.10. The number of nitrogens with one attached hydrogen (secondary N) is 2. The van der Waals surface area contributed by atoms with E-state index in [1.807, 2.05) is 6.92 Å². The number of carbonyl (C=O) groups excluding carboxylic acids is 1. The lowest BCUT2D eigenvalue weighted by atomic mass is 10.0. The van der Waals surface area contributed by atoms with Gasteiger partial charge < -0.3 is 31.1 Å². The molecule has 3 aliphatic rings. The molecule has 4 heterocycles. The maximum absolute atomic E-state index is 12.3. The minimum absolute atomic E-state index is 0.190. The SMILES string of the molecule is CCc1nc(C(N)=O)c(Nc2ccc(N3CCC(N4CCN(C)CC4)CC3)cc2C)nc1N1CCNCC1. The van der Waals surface area contributed by atoms with E-state index in [9.17, 15) is 4.79 Å². The molecule has 0 atom stereocenters. The van der Waals surface area contributed by atoms with Gasteiger partial charge in [-0.2, -0.15) is 0 Å². The third-order valence-corrected chi connectivity index (χ3v) is 8.28. The normalized spacial score (nSPS) is 20.1. The van der Waals surface area contributed by atoms with Crippen molar-refractivity contribution in [1.29, 1.82) is 0 Å². The van der Waals surface area contributed by atoms with Gasteiger partial charge in [0, 0.05) is 82.9 Å². The Balaban J connectivity index is 1.30. The maximum Gasteiger partial charge on any atom is 0.271 e. The molecule has 4 N–H and O–H groups in total. The molecule has 0 spiro atoms. The molecule has 0 saturated carbocycles. The molecule has 3 aliphatic heterocycles. The van der Waals surface area contributed by atoms with E-state index in [1.54, 1.807) is 0 Å². The lowest BCUT2D eigenvalue weighted by Gasteiger charge is -2.42. The Hall–Kier alpha value is -2.95. The zero-order valence-electron chi connectivity index (χ0n) is 23.2. The summed E-state index contributed by atoms with van der Waals surface area (Å²) in [5, 5.41) is 6.77. The molecule has 0 radical (unpaired) electrons. The number of carbonyl (C=O) groups is 1. The van der Waals surface area contributed by atoms with Gasteiger partial charge in [0.05, 0.1) is 5.69 Å². The van der Waals surface area contributed by atoms with Crippen molar-refractivity contribution >= 4 is 28.9 Å². The van der Waals surface area contributed by atoms with Crippen LogP contribution in [0.1, 0.15) is 41.5 Å². The van der Waals surface area contributed by atoms with E-state index in [-0.39, 0.29) is 5.69 Å². The van der Waals surface area contributed by atoms with Crippen LogP contribution in [0.5, 0.6) is 0 Å². The van der Waals surface area contributed by atoms with E-state index >= 15 is 0 Å². The van der Waals surface area contributed by atoms with E-state index in [0.717, 1.165) is 62.0 Å². The van der Waals surface area contributed by atoms with Gasteiger partial charge in [-0.25, -0.2) is 9.97 Å². The predicted octanol–water partition coefficient (Wildman–Crippen LogP) is 1.82. The van der Waals surface area contributed by atoms with Crippen LogP contribution in [0, 0.1) is 6.92 Å². The van der Waals surface area contributed by atoms with Crippen molar-refractivity contribution in [2.75, 3.05) is 87.6 Å². The van der Waals surface area contributed by atoms with E-state index in [1.165, 1.54) is 44.7 Å². The van der Waals surface area contributed by atoms with Gasteiger partial charge in [-0.05, 0) is 57.0 Å². The van der Waals surface area contributed by atoms with Crippen molar-refractivity contribution in [3.05, 3.63) is 35.2 Å². The van der Waals surface area contributed by atoms with Crippen molar-refractivity contribution in [1.82, 2.24) is 25.1 Å². The first-order valence-electron chi connectivity index (χ1n) is 14.1. The summed E-state index contributed by atoms with van der Waals surface area (Å²) in [5.41, 5.74) is 9.98. The third-order valence-electron chi connectivity index (χ3n) is 8.28. The molecule has 5 rings (SSSR count). The highest BCUT2D eigenvalue weighted by molar-refractivity contribution is 5.96. The molecular weight excluding hydrogens is 478 g/mol. The van der Waals surface area contributed by atoms with Crippen molar-refractivity contribution < 1.29 is 4.79 Å². The Morgan fingerprint density at radius 3 is 2.37 bits per heavy atom. The summed E-state index contributed by atoms with van der Waals surface area (Å²) in [5.74, 6) is 0.685. The zero-order valence-corrected chi connectivity index (χ0v) is 23.2. The molecule has 1 aromatic heterocycles. The van der Waals surface area contributed by atoms with E-state index in [4.69, 9.17) is 10.7 Å². The number of hydrogen-bond donors (Lipinski definition) is 3. The predicted molar refractivity (Wildman–Crippen MR) is 154 cm³/mol. The van der Waals surface area contributed by atoms with Gasteiger partial charge in [0.25, 0.3) is 5.91 Å². The van der Waals surface area contributed by atoms with Crippen LogP contribution in [0.15, 0.2) is 18.2 Å². The van der Waals surface area contributed by atoms with Crippen molar-refractivity contribution in [2.24, 2.45) is 5.73 Å². The number of likely N-dealkylation sites (N-methyl/N-ethyl adjacent to an activating group) is 1. The Morgan fingerprint density at radius 2 is 1.74 bits per heavy atom. The van der Waals surface area contributed by atoms with E-state index in [0.29, 0.717) is 18.3 Å². The first-order valence-corrected chi connectivity index (χ1v) is 14.1. The maximum atomic E-state index is 12.3. The van der Waals surface area contributed by atoms with Crippen molar-refractivity contribution in [3.63, 3.8) is 0 Å². The number of piperazine rings is 2. The third kappa shape index (κ3) is 5.87. The van der Waals surface area contributed by atoms with Crippen molar-refractivity contribution in [3.8, 4) is 0 Å². The molecule has 0 unspecified atom stereocenters. The number of benzene rings is 1. The highest BCUT2D eigenvalue weighted by Gasteiger charge is 2.27. The van der Waals surface area contributed by atoms with Gasteiger partial charge in [-0.3, -0.25) is 9.69 Å². The van der Waals surface area contributed by atoms with E-state index < -0.39 is 5.91 Å². The number of nitrogens with zero attached hydrogens (tertiary/aromatic N) is 6. The number of primary amides is 1. The monoisotopic (exact) mass is 521 g/mol. The van der Waals surface area contributed by atoms with E-state index in [2.05, 4.69) is 67.4 Å². The second kappa shape index (κ2) is 11.8. The lowest BCUT2D eigenvalue weighted by molar-refractivity contribution is 0.0982. The van der Waals surface area contributed by atoms with Crippen LogP contribution in [0.25, 0.3) is 0 Å². The molecular formula is C28H43N9O. The second-order valence-corrected chi connectivity index (χ2v) is 10.8. The van der Waals surface area contributed by atoms with Gasteiger partial charge >= 0.3 is 0 Å². The molecule has 3 saturated heterocycles. The molecule has 0 aliphatic carbocycles. The number of rotatable bonds is 7. The van der Waals surface area contributed by atoms with Gasteiger partial charge in [-0.15, -0.1) is 0 Å². The van der Waals surface area contributed by atoms with Crippen LogP contribution in [-0.4, -0.2) is 104 Å². The molecule has 3 fully saturated rings. The fourth-order valence-electron chi connectivity index (χ4n) is 5.88. The number of amides is 1. The zero-order chi connectivity index (χ0) is 26.6. The largest absolute Gasteiger partial charge is 0.371 e. The molecule has 1 aromatic carbocycles. The van der Waals surface area contributed by atoms with Gasteiger partial charge in [0.15, 0.2) is 17.3 Å². The Labute approximate surface area is 226 Å². The second-order valence-electron chi connectivity index (χ2n) is 10.8. The van der Waals surface area contributed by atoms with Crippen LogP contribution < -0.4 is 26.2 Å². The average Bonchev–Trinajstić information content (AvgIpc) is 2.94. The minimum atomic E-state index is -0.570. The molecule has 206 valence electrons. The summed E-state index contributed by atoms with van der Waals surface area (Å²) in [4.78, 5) is 31.7. The number of anilines is 4. The highest BCUT2D eigenvalue weighted by atomic mass is 16.1. The highest BCUT2D eigenvalue weighted by Crippen LogP contribution is 2.30. The van der Waals surface area contributed by atoms with Crippen LogP contribution in [-0.2, 0) is 6.42 Å². The number of hydrogen-bond acceptors (Lipinski definition) is 9. The summed E-state index contributed by atoms with van der Waals surface area (Å²) >= 11 is 0. The standard InChI is InChI=1S/C28H43N9O/c1-4-23-28(37-13-9-30-10-14-37)33-27(25(31-23)26(29)38)32-24-6-5-22(19-20(24)2)35-11-7-21(8-12-35)36-17-15-34(3)16-18-36/h5-6,19,21,30H,4,7-18H2,1-3H3,(H2,29,38)(H,32,33). The first-order chi connectivity index (χ1) is 18.4. The van der Waals surface area contributed by atoms with Crippen LogP contribution in [0.3, 0.4) is 0 Å². The number of aryl methyl sites for hydroxylation is 2. The fraction of sp³-hybridized carbons (Fsp3) is 0.607. The number of nitrogens with two attached hydrogens (primary N) is 1. The van der Waals surface area contributed by atoms with Crippen molar-refractivity contribution in [2.45, 2.75) is 39.2 Å².